The smallest absolute Gasteiger partial charge is 0.460 e. The Morgan fingerprint density at radius 3 is 0.789 bits per heavy atom. The lowest BCUT2D eigenvalue weighted by molar-refractivity contribution is -0.707. The fourth-order valence-electron chi connectivity index (χ4n) is 6.38. The number of alkyl halides is 26. The number of hydrogen-bond acceptors (Lipinski definition) is 6. The highest BCUT2D eigenvalue weighted by Gasteiger charge is 2.92. The van der Waals surface area contributed by atoms with Crippen molar-refractivity contribution in [2.75, 3.05) is 12.5 Å². The average Bonchev–Trinajstić information content (AvgIpc) is 3.23. The molecule has 0 aliphatic rings. The van der Waals surface area contributed by atoms with Crippen molar-refractivity contribution in [1.82, 2.24) is 0 Å². The summed E-state index contributed by atoms with van der Waals surface area (Å²) in [5.74, 6) is -74.5. The quantitative estimate of drug-likeness (QED) is 0.0380. The molecule has 2 aromatic rings. The molecule has 76 heavy (non-hydrogen) atoms. The highest BCUT2D eigenvalue weighted by Crippen LogP contribution is 2.62. The van der Waals surface area contributed by atoms with Crippen LogP contribution >= 0.6 is 0 Å². The molecule has 36 heteroatoms. The number of nitrogens with zero attached hydrogens (tertiary/aromatic N) is 2. The van der Waals surface area contributed by atoms with Gasteiger partial charge in [-0.25, -0.2) is 26.0 Å². The molecule has 0 aromatic carbocycles. The molecule has 0 unspecified atom stereocenters. The summed E-state index contributed by atoms with van der Waals surface area (Å²) >= 11 is 0. The Bertz CT molecular complexity index is 2170. The SMILES string of the molecule is CS(=O)(=O)[O-].CS(=O)(=O)[O-].FC(F)(F)C(F)(F)C(F)(F)C(F)(F)C(F)(F)C(F)(F)CC[n+]1ccccc1CCCCCCCCCCCCc1cccc[n+]1CCC(F)(F)C(F)(F)C(F)(F)C(F)(F)C(F)(F)C(F)(F)F. The van der Waals surface area contributed by atoms with Crippen molar-refractivity contribution in [2.45, 2.75) is 175 Å². The van der Waals surface area contributed by atoms with Gasteiger partial charge in [0.1, 0.15) is 0 Å². The van der Waals surface area contributed by atoms with Gasteiger partial charge in [-0.15, -0.1) is 0 Å². The first kappa shape index (κ1) is 72.3. The number of hydrogen-bond donors (Lipinski definition) is 0. The van der Waals surface area contributed by atoms with E-state index in [0.29, 0.717) is 76.7 Å². The molecular weight excluding hydrogens is 1160 g/mol. The fourth-order valence-corrected chi connectivity index (χ4v) is 6.38. The van der Waals surface area contributed by atoms with Gasteiger partial charge in [0.15, 0.2) is 36.9 Å². The van der Waals surface area contributed by atoms with Crippen molar-refractivity contribution in [3.8, 4) is 0 Å². The van der Waals surface area contributed by atoms with Gasteiger partial charge < -0.3 is 9.11 Å². The molecule has 0 aliphatic heterocycles. The van der Waals surface area contributed by atoms with Crippen LogP contribution in [0.25, 0.3) is 0 Å². The molecule has 0 N–H and O–H groups in total. The zero-order valence-corrected chi connectivity index (χ0v) is 40.6. The summed E-state index contributed by atoms with van der Waals surface area (Å²) in [4.78, 5) is 0. The van der Waals surface area contributed by atoms with Crippen LogP contribution in [0.15, 0.2) is 48.8 Å². The minimum absolute atomic E-state index is 0.0763. The van der Waals surface area contributed by atoms with E-state index in [1.165, 1.54) is 36.4 Å². The van der Waals surface area contributed by atoms with E-state index in [1.54, 1.807) is 0 Å². The molecule has 0 saturated heterocycles. The zero-order chi connectivity index (χ0) is 60.3. The molecule has 0 spiro atoms. The van der Waals surface area contributed by atoms with Gasteiger partial charge >= 0.3 is 71.6 Å². The Morgan fingerprint density at radius 2 is 0.566 bits per heavy atom. The first-order chi connectivity index (χ1) is 33.6. The summed E-state index contributed by atoms with van der Waals surface area (Å²) in [5, 5.41) is 0. The van der Waals surface area contributed by atoms with Gasteiger partial charge in [0, 0.05) is 49.6 Å². The molecule has 2 heterocycles. The lowest BCUT2D eigenvalue weighted by atomic mass is 9.92. The molecule has 446 valence electrons. The van der Waals surface area contributed by atoms with Gasteiger partial charge in [-0.05, 0) is 12.8 Å². The van der Waals surface area contributed by atoms with Gasteiger partial charge in [0.2, 0.25) is 0 Å². The Morgan fingerprint density at radius 1 is 0.355 bits per heavy atom. The van der Waals surface area contributed by atoms with Crippen LogP contribution in [0.5, 0.6) is 0 Å². The van der Waals surface area contributed by atoms with Crippen LogP contribution < -0.4 is 9.13 Å². The third-order valence-corrected chi connectivity index (χ3v) is 10.5. The molecule has 0 aliphatic carbocycles. The van der Waals surface area contributed by atoms with Crippen LogP contribution in [0.4, 0.5) is 114 Å². The van der Waals surface area contributed by atoms with Crippen LogP contribution in [0, 0.1) is 0 Å². The number of rotatable bonds is 27. The van der Waals surface area contributed by atoms with Gasteiger partial charge in [-0.1, -0.05) is 63.5 Å². The Kier molecular flexibility index (Phi) is 24.8. The lowest BCUT2D eigenvalue weighted by Crippen LogP contribution is -2.70. The average molecular weight is 1210 g/mol. The normalized spacial score (nSPS) is 14.4. The standard InChI is InChI=1S/C38H40F26N2.2CH4O3S/c39-27(40,29(43,44)31(47,48)33(51,52)35(55,56)37(59,60)61)19-23-65-21-13-11-17-25(65)15-9-7-5-3-1-2-4-6-8-10-16-26-18-12-14-22-66(26)24-20-28(41,42)30(45,46)32(49,50)34(53,54)36(57,58)38(62,63)64;2*1-5(2,3)4/h11-14,17-18,21-22H,1-10,15-16,19-20,23-24H2;2*1H3,(H,2,3,4)/q+2;;/p-2. The molecule has 0 saturated carbocycles. The van der Waals surface area contributed by atoms with Crippen molar-refractivity contribution in [2.24, 2.45) is 0 Å². The minimum atomic E-state index is -7.98. The second-order valence-electron chi connectivity index (χ2n) is 16.7. The minimum Gasteiger partial charge on any atom is -0.748 e. The van der Waals surface area contributed by atoms with Crippen LogP contribution in [0.3, 0.4) is 0 Å². The Balaban J connectivity index is 0.00000511. The van der Waals surface area contributed by atoms with E-state index in [-0.39, 0.29) is 24.2 Å². The number of aromatic nitrogens is 2. The Labute approximate surface area is 416 Å². The van der Waals surface area contributed by atoms with E-state index in [4.69, 9.17) is 25.9 Å². The van der Waals surface area contributed by atoms with Crippen molar-refractivity contribution in [3.05, 3.63) is 60.2 Å². The highest BCUT2D eigenvalue weighted by atomic mass is 32.2. The van der Waals surface area contributed by atoms with E-state index in [0.717, 1.165) is 21.5 Å². The van der Waals surface area contributed by atoms with Crippen LogP contribution in [0.1, 0.15) is 88.4 Å². The Hall–Kier alpha value is -3.70. The predicted molar refractivity (Wildman–Crippen MR) is 209 cm³/mol. The number of unbranched alkanes of at least 4 members (excludes halogenated alkanes) is 9. The molecule has 2 aromatic heterocycles. The number of halogens is 26. The summed E-state index contributed by atoms with van der Waals surface area (Å²) in [7, 11) is -7.83. The monoisotopic (exact) mass is 1210 g/mol. The van der Waals surface area contributed by atoms with Gasteiger partial charge in [-0.3, -0.25) is 0 Å². The third kappa shape index (κ3) is 18.4. The molecule has 2 rings (SSSR count). The zero-order valence-electron chi connectivity index (χ0n) is 38.9. The summed E-state index contributed by atoms with van der Waals surface area (Å²) in [5.41, 5.74) is 0.311. The van der Waals surface area contributed by atoms with E-state index < -0.39 is 118 Å². The topological polar surface area (TPSA) is 122 Å². The van der Waals surface area contributed by atoms with Crippen LogP contribution in [-0.4, -0.2) is 110 Å². The summed E-state index contributed by atoms with van der Waals surface area (Å²) < 4.78 is 406. The number of pyridine rings is 2. The molecule has 0 amide bonds. The van der Waals surface area contributed by atoms with E-state index in [1.807, 2.05) is 0 Å². The molecule has 0 radical (unpaired) electrons. The maximum Gasteiger partial charge on any atom is 0.460 e. The fraction of sp³-hybridized carbons (Fsp3) is 0.750. The summed E-state index contributed by atoms with van der Waals surface area (Å²) in [6.45, 7) is -2.55. The third-order valence-electron chi connectivity index (χ3n) is 10.5. The van der Waals surface area contributed by atoms with E-state index in [2.05, 4.69) is 0 Å². The van der Waals surface area contributed by atoms with Crippen molar-refractivity contribution in [1.29, 1.82) is 0 Å². The first-order valence-electron chi connectivity index (χ1n) is 21.3. The van der Waals surface area contributed by atoms with Crippen LogP contribution in [0.2, 0.25) is 0 Å². The second kappa shape index (κ2) is 26.1. The summed E-state index contributed by atoms with van der Waals surface area (Å²) in [6, 6.07) is 7.70. The lowest BCUT2D eigenvalue weighted by Gasteiger charge is -2.39. The first-order valence-corrected chi connectivity index (χ1v) is 25.0. The molecular formula is C40H46F26N2O6S2. The maximum absolute atomic E-state index is 14.3. The van der Waals surface area contributed by atoms with Crippen molar-refractivity contribution >= 4 is 20.2 Å². The van der Waals surface area contributed by atoms with Gasteiger partial charge in [-0.2, -0.15) is 114 Å². The van der Waals surface area contributed by atoms with Crippen molar-refractivity contribution < 1.29 is 149 Å². The second-order valence-corrected chi connectivity index (χ2v) is 19.5. The van der Waals surface area contributed by atoms with E-state index >= 15 is 0 Å². The largest absolute Gasteiger partial charge is 0.748 e. The van der Waals surface area contributed by atoms with Gasteiger partial charge in [0.25, 0.3) is 0 Å². The summed E-state index contributed by atoms with van der Waals surface area (Å²) in [6.07, 6.45) is -10.8. The molecule has 0 atom stereocenters. The number of aryl methyl sites for hydroxylation is 4. The molecule has 0 bridgehead atoms. The predicted octanol–water partition coefficient (Wildman–Crippen LogP) is 12.5. The highest BCUT2D eigenvalue weighted by molar-refractivity contribution is 7.85. The van der Waals surface area contributed by atoms with Crippen molar-refractivity contribution in [3.63, 3.8) is 0 Å². The molecule has 8 nitrogen and oxygen atoms in total. The van der Waals surface area contributed by atoms with E-state index in [9.17, 15) is 114 Å². The maximum atomic E-state index is 14.3. The van der Waals surface area contributed by atoms with Crippen LogP contribution in [-0.2, 0) is 46.2 Å². The molecule has 0 fully saturated rings. The van der Waals surface area contributed by atoms with Gasteiger partial charge in [0.05, 0.1) is 33.1 Å².